The third-order valence-corrected chi connectivity index (χ3v) is 6.18. The quantitative estimate of drug-likeness (QED) is 0.752. The number of anilines is 1. The number of rotatable bonds is 4. The standard InChI is InChI=1S/C19H20N6OS/c26-19(21-15-4-2-1-3-5-15)18-23-22-16-8-13-9-24(10-14(13)11-25(16)18)12-17-20-6-7-27-17/h1-7,13-14H,8-12H2,(H,21,26). The van der Waals surface area contributed by atoms with Gasteiger partial charge in [0.25, 0.3) is 5.91 Å². The summed E-state index contributed by atoms with van der Waals surface area (Å²) in [5.74, 6) is 2.23. The van der Waals surface area contributed by atoms with Gasteiger partial charge in [-0.25, -0.2) is 4.98 Å². The highest BCUT2D eigenvalue weighted by atomic mass is 32.1. The van der Waals surface area contributed by atoms with Crippen LogP contribution < -0.4 is 5.32 Å². The van der Waals surface area contributed by atoms with Gasteiger partial charge in [0.15, 0.2) is 0 Å². The summed E-state index contributed by atoms with van der Waals surface area (Å²) in [5, 5.41) is 14.6. The summed E-state index contributed by atoms with van der Waals surface area (Å²) in [5.41, 5.74) is 0.768. The lowest BCUT2D eigenvalue weighted by Crippen LogP contribution is -2.31. The van der Waals surface area contributed by atoms with Gasteiger partial charge in [-0.2, -0.15) is 0 Å². The van der Waals surface area contributed by atoms with Crippen LogP contribution in [0.1, 0.15) is 21.5 Å². The second-order valence-corrected chi connectivity index (χ2v) is 8.19. The lowest BCUT2D eigenvalue weighted by molar-refractivity contribution is 0.100. The molecular weight excluding hydrogens is 360 g/mol. The van der Waals surface area contributed by atoms with Crippen molar-refractivity contribution in [2.45, 2.75) is 19.5 Å². The van der Waals surface area contributed by atoms with E-state index in [1.54, 1.807) is 11.3 Å². The first-order valence-electron chi connectivity index (χ1n) is 9.15. The van der Waals surface area contributed by atoms with Crippen molar-refractivity contribution in [1.29, 1.82) is 0 Å². The summed E-state index contributed by atoms with van der Waals surface area (Å²) in [6, 6.07) is 9.46. The average molecular weight is 380 g/mol. The predicted molar refractivity (Wildman–Crippen MR) is 102 cm³/mol. The molecule has 2 aliphatic heterocycles. The van der Waals surface area contributed by atoms with Crippen molar-refractivity contribution in [3.63, 3.8) is 0 Å². The van der Waals surface area contributed by atoms with E-state index in [-0.39, 0.29) is 5.91 Å². The van der Waals surface area contributed by atoms with E-state index in [0.29, 0.717) is 17.7 Å². The molecular formula is C19H20N6OS. The highest BCUT2D eigenvalue weighted by Crippen LogP contribution is 2.33. The van der Waals surface area contributed by atoms with Crippen LogP contribution in [0.15, 0.2) is 41.9 Å². The van der Waals surface area contributed by atoms with Crippen molar-refractivity contribution in [2.75, 3.05) is 18.4 Å². The van der Waals surface area contributed by atoms with Crippen LogP contribution in [0.3, 0.4) is 0 Å². The van der Waals surface area contributed by atoms with Crippen molar-refractivity contribution in [3.05, 3.63) is 58.6 Å². The normalized spacial score (nSPS) is 21.6. The third-order valence-electron chi connectivity index (χ3n) is 5.42. The van der Waals surface area contributed by atoms with Gasteiger partial charge in [0.05, 0.1) is 6.54 Å². The number of hydrogen-bond donors (Lipinski definition) is 1. The van der Waals surface area contributed by atoms with Crippen molar-refractivity contribution in [1.82, 2.24) is 24.6 Å². The minimum absolute atomic E-state index is 0.198. The van der Waals surface area contributed by atoms with Gasteiger partial charge in [0.2, 0.25) is 5.82 Å². The van der Waals surface area contributed by atoms with Crippen LogP contribution in [0.5, 0.6) is 0 Å². The number of aromatic nitrogens is 4. The molecule has 5 rings (SSSR count). The maximum absolute atomic E-state index is 12.7. The van der Waals surface area contributed by atoms with Crippen LogP contribution >= 0.6 is 11.3 Å². The molecule has 0 bridgehead atoms. The summed E-state index contributed by atoms with van der Waals surface area (Å²) >= 11 is 1.71. The number of benzene rings is 1. The Morgan fingerprint density at radius 1 is 1.15 bits per heavy atom. The van der Waals surface area contributed by atoms with Gasteiger partial charge in [-0.1, -0.05) is 18.2 Å². The number of para-hydroxylation sites is 1. The smallest absolute Gasteiger partial charge is 0.293 e. The minimum Gasteiger partial charge on any atom is -0.319 e. The molecule has 1 saturated heterocycles. The van der Waals surface area contributed by atoms with Crippen molar-refractivity contribution >= 4 is 22.9 Å². The number of nitrogens with zero attached hydrogens (tertiary/aromatic N) is 5. The van der Waals surface area contributed by atoms with E-state index < -0.39 is 0 Å². The maximum Gasteiger partial charge on any atom is 0.293 e. The Hall–Kier alpha value is -2.58. The molecule has 7 nitrogen and oxygen atoms in total. The van der Waals surface area contributed by atoms with E-state index in [0.717, 1.165) is 49.1 Å². The molecule has 1 amide bonds. The van der Waals surface area contributed by atoms with E-state index in [1.807, 2.05) is 46.5 Å². The van der Waals surface area contributed by atoms with E-state index in [4.69, 9.17) is 0 Å². The van der Waals surface area contributed by atoms with E-state index in [1.165, 1.54) is 0 Å². The van der Waals surface area contributed by atoms with E-state index >= 15 is 0 Å². The summed E-state index contributed by atoms with van der Waals surface area (Å²) in [4.78, 5) is 19.5. The summed E-state index contributed by atoms with van der Waals surface area (Å²) in [6.45, 7) is 3.80. The molecule has 1 N–H and O–H groups in total. The maximum atomic E-state index is 12.7. The number of thiazole rings is 1. The highest BCUT2D eigenvalue weighted by molar-refractivity contribution is 7.09. The monoisotopic (exact) mass is 380 g/mol. The van der Waals surface area contributed by atoms with Crippen LogP contribution in [0, 0.1) is 11.8 Å². The number of likely N-dealkylation sites (tertiary alicyclic amines) is 1. The Labute approximate surface area is 161 Å². The fourth-order valence-electron chi connectivity index (χ4n) is 4.15. The molecule has 1 fully saturated rings. The van der Waals surface area contributed by atoms with Crippen LogP contribution in [0.4, 0.5) is 5.69 Å². The zero-order valence-electron chi connectivity index (χ0n) is 14.8. The SMILES string of the molecule is O=C(Nc1ccccc1)c1nnc2n1CC1CN(Cc3nccs3)CC1C2. The Bertz CT molecular complexity index is 939. The third kappa shape index (κ3) is 3.26. The largest absolute Gasteiger partial charge is 0.319 e. The Morgan fingerprint density at radius 3 is 2.81 bits per heavy atom. The first kappa shape index (κ1) is 16.6. The summed E-state index contributed by atoms with van der Waals surface area (Å²) in [6.07, 6.45) is 2.74. The summed E-state index contributed by atoms with van der Waals surface area (Å²) < 4.78 is 2.01. The first-order chi connectivity index (χ1) is 13.3. The van der Waals surface area contributed by atoms with Gasteiger partial charge in [-0.3, -0.25) is 9.69 Å². The topological polar surface area (TPSA) is 75.9 Å². The lowest BCUT2D eigenvalue weighted by atomic mass is 9.89. The fraction of sp³-hybridized carbons (Fsp3) is 0.368. The van der Waals surface area contributed by atoms with Crippen molar-refractivity contribution in [2.24, 2.45) is 11.8 Å². The molecule has 8 heteroatoms. The number of carbonyl (C=O) groups is 1. The van der Waals surface area contributed by atoms with Crippen LogP contribution in [-0.2, 0) is 19.5 Å². The molecule has 27 heavy (non-hydrogen) atoms. The van der Waals surface area contributed by atoms with Crippen molar-refractivity contribution in [3.8, 4) is 0 Å². The molecule has 2 atom stereocenters. The number of hydrogen-bond acceptors (Lipinski definition) is 6. The molecule has 0 saturated carbocycles. The second kappa shape index (κ2) is 6.86. The van der Waals surface area contributed by atoms with Gasteiger partial charge in [0.1, 0.15) is 10.8 Å². The number of carbonyl (C=O) groups excluding carboxylic acids is 1. The highest BCUT2D eigenvalue weighted by Gasteiger charge is 2.39. The fourth-order valence-corrected chi connectivity index (χ4v) is 4.81. The average Bonchev–Trinajstić information content (AvgIpc) is 3.40. The number of nitrogens with one attached hydrogen (secondary N) is 1. The zero-order valence-corrected chi connectivity index (χ0v) is 15.6. The molecule has 4 heterocycles. The lowest BCUT2D eigenvalue weighted by Gasteiger charge is -2.25. The number of amides is 1. The summed E-state index contributed by atoms with van der Waals surface area (Å²) in [7, 11) is 0. The molecule has 2 aliphatic rings. The molecule has 3 aromatic rings. The Kier molecular flexibility index (Phi) is 4.21. The van der Waals surface area contributed by atoms with Gasteiger partial charge < -0.3 is 9.88 Å². The van der Waals surface area contributed by atoms with Crippen LogP contribution in [0.2, 0.25) is 0 Å². The molecule has 0 spiro atoms. The molecule has 138 valence electrons. The molecule has 0 radical (unpaired) electrons. The predicted octanol–water partition coefficient (Wildman–Crippen LogP) is 2.29. The second-order valence-electron chi connectivity index (χ2n) is 7.21. The molecule has 2 unspecified atom stereocenters. The Balaban J connectivity index is 1.30. The van der Waals surface area contributed by atoms with Gasteiger partial charge in [-0.15, -0.1) is 21.5 Å². The Morgan fingerprint density at radius 2 is 2.00 bits per heavy atom. The van der Waals surface area contributed by atoms with E-state index in [9.17, 15) is 4.79 Å². The molecule has 1 aromatic carbocycles. The minimum atomic E-state index is -0.198. The number of fused-ring (bicyclic) bond motifs is 2. The van der Waals surface area contributed by atoms with Crippen LogP contribution in [0.25, 0.3) is 0 Å². The van der Waals surface area contributed by atoms with Gasteiger partial charge in [-0.05, 0) is 24.0 Å². The molecule has 0 aliphatic carbocycles. The van der Waals surface area contributed by atoms with Crippen LogP contribution in [-0.4, -0.2) is 43.6 Å². The first-order valence-corrected chi connectivity index (χ1v) is 10.0. The molecule has 2 aromatic heterocycles. The van der Waals surface area contributed by atoms with Gasteiger partial charge >= 0.3 is 0 Å². The van der Waals surface area contributed by atoms with Crippen molar-refractivity contribution < 1.29 is 4.79 Å². The zero-order chi connectivity index (χ0) is 18.2. The van der Waals surface area contributed by atoms with E-state index in [2.05, 4.69) is 25.4 Å². The van der Waals surface area contributed by atoms with Gasteiger partial charge in [0, 0.05) is 43.3 Å².